The van der Waals surface area contributed by atoms with Crippen LogP contribution in [0.2, 0.25) is 0 Å². The Morgan fingerprint density at radius 3 is 2.42 bits per heavy atom. The second-order valence-corrected chi connectivity index (χ2v) is 4.89. The van der Waals surface area contributed by atoms with Crippen molar-refractivity contribution in [1.82, 2.24) is 0 Å². The Morgan fingerprint density at radius 1 is 1.05 bits per heavy atom. The fourth-order valence-electron chi connectivity index (χ4n) is 2.28. The molecule has 0 fully saturated rings. The van der Waals surface area contributed by atoms with Crippen molar-refractivity contribution < 1.29 is 0 Å². The molecule has 0 amide bonds. The van der Waals surface area contributed by atoms with Crippen molar-refractivity contribution in [1.29, 1.82) is 0 Å². The van der Waals surface area contributed by atoms with Gasteiger partial charge in [0.2, 0.25) is 0 Å². The molecule has 100 valence electrons. The summed E-state index contributed by atoms with van der Waals surface area (Å²) in [5, 5.41) is 0. The van der Waals surface area contributed by atoms with Crippen LogP contribution in [0.15, 0.2) is 54.6 Å². The molecule has 0 saturated heterocycles. The Kier molecular flexibility index (Phi) is 4.58. The smallest absolute Gasteiger partial charge is 0.0473 e. The molecule has 0 aliphatic carbocycles. The van der Waals surface area contributed by atoms with Gasteiger partial charge in [-0.3, -0.25) is 0 Å². The zero-order valence-corrected chi connectivity index (χ0v) is 11.7. The van der Waals surface area contributed by atoms with Crippen molar-refractivity contribution in [2.24, 2.45) is 5.73 Å². The molecule has 2 aromatic rings. The van der Waals surface area contributed by atoms with Crippen LogP contribution < -0.4 is 10.6 Å². The average Bonchev–Trinajstić information content (AvgIpc) is 2.45. The number of aryl methyl sites for hydroxylation is 1. The Hall–Kier alpha value is -1.80. The summed E-state index contributed by atoms with van der Waals surface area (Å²) in [5.41, 5.74) is 10.0. The van der Waals surface area contributed by atoms with E-state index in [9.17, 15) is 0 Å². The van der Waals surface area contributed by atoms with Crippen molar-refractivity contribution in [3.8, 4) is 0 Å². The van der Waals surface area contributed by atoms with Gasteiger partial charge in [-0.25, -0.2) is 0 Å². The minimum atomic E-state index is 0.0432. The second-order valence-electron chi connectivity index (χ2n) is 4.89. The normalized spacial score (nSPS) is 12.2. The van der Waals surface area contributed by atoms with Gasteiger partial charge in [-0.1, -0.05) is 42.5 Å². The highest BCUT2D eigenvalue weighted by atomic mass is 15.1. The molecule has 2 rings (SSSR count). The third-order valence-electron chi connectivity index (χ3n) is 3.39. The lowest BCUT2D eigenvalue weighted by atomic mass is 10.1. The van der Waals surface area contributed by atoms with Crippen LogP contribution in [0.3, 0.4) is 0 Å². The molecule has 0 aliphatic heterocycles. The maximum atomic E-state index is 6.31. The Morgan fingerprint density at radius 2 is 1.79 bits per heavy atom. The largest absolute Gasteiger partial charge is 0.370 e. The summed E-state index contributed by atoms with van der Waals surface area (Å²) < 4.78 is 0. The van der Waals surface area contributed by atoms with Crippen LogP contribution in [0.5, 0.6) is 0 Å². The van der Waals surface area contributed by atoms with Gasteiger partial charge in [-0.15, -0.1) is 0 Å². The molecule has 0 spiro atoms. The van der Waals surface area contributed by atoms with Gasteiger partial charge in [0.1, 0.15) is 0 Å². The lowest BCUT2D eigenvalue weighted by Gasteiger charge is -2.27. The minimum absolute atomic E-state index is 0.0432. The van der Waals surface area contributed by atoms with Crippen LogP contribution >= 0.6 is 0 Å². The fraction of sp³-hybridized carbons (Fsp3) is 0.294. The SMILES string of the molecule is CCN(CC(N)c1ccccc1)c1cccc(C)c1. The van der Waals surface area contributed by atoms with Crippen LogP contribution in [0.1, 0.15) is 24.1 Å². The van der Waals surface area contributed by atoms with E-state index < -0.39 is 0 Å². The molecule has 0 radical (unpaired) electrons. The third-order valence-corrected chi connectivity index (χ3v) is 3.39. The van der Waals surface area contributed by atoms with Gasteiger partial charge in [-0.2, -0.15) is 0 Å². The number of nitrogens with two attached hydrogens (primary N) is 1. The van der Waals surface area contributed by atoms with Crippen molar-refractivity contribution in [3.63, 3.8) is 0 Å². The zero-order chi connectivity index (χ0) is 13.7. The van der Waals surface area contributed by atoms with E-state index in [2.05, 4.69) is 55.1 Å². The maximum absolute atomic E-state index is 6.31. The number of nitrogens with zero attached hydrogens (tertiary/aromatic N) is 1. The van der Waals surface area contributed by atoms with Crippen molar-refractivity contribution in [2.45, 2.75) is 19.9 Å². The van der Waals surface area contributed by atoms with Gasteiger partial charge in [0.25, 0.3) is 0 Å². The lowest BCUT2D eigenvalue weighted by Crippen LogP contribution is -2.32. The number of benzene rings is 2. The molecule has 2 heteroatoms. The Bertz CT molecular complexity index is 508. The van der Waals surface area contributed by atoms with Crippen LogP contribution in [0.4, 0.5) is 5.69 Å². The first kappa shape index (κ1) is 13.6. The molecule has 0 heterocycles. The van der Waals surface area contributed by atoms with Gasteiger partial charge >= 0.3 is 0 Å². The van der Waals surface area contributed by atoms with Crippen LogP contribution in [-0.4, -0.2) is 13.1 Å². The third kappa shape index (κ3) is 3.58. The number of rotatable bonds is 5. The minimum Gasteiger partial charge on any atom is -0.370 e. The molecule has 2 aromatic carbocycles. The molecule has 2 nitrogen and oxygen atoms in total. The molecule has 0 saturated carbocycles. The Labute approximate surface area is 115 Å². The first-order chi connectivity index (χ1) is 9.20. The molecule has 0 bridgehead atoms. The molecular weight excluding hydrogens is 232 g/mol. The van der Waals surface area contributed by atoms with Crippen molar-refractivity contribution in [2.75, 3.05) is 18.0 Å². The molecule has 0 aliphatic rings. The summed E-state index contributed by atoms with van der Waals surface area (Å²) in [6, 6.07) is 18.9. The molecule has 2 N–H and O–H groups in total. The number of hydrogen-bond donors (Lipinski definition) is 1. The van der Waals surface area contributed by atoms with E-state index in [1.54, 1.807) is 0 Å². The highest BCUT2D eigenvalue weighted by Gasteiger charge is 2.11. The molecule has 0 aromatic heterocycles. The van der Waals surface area contributed by atoms with Crippen LogP contribution in [0.25, 0.3) is 0 Å². The van der Waals surface area contributed by atoms with Gasteiger partial charge in [0, 0.05) is 24.8 Å². The lowest BCUT2D eigenvalue weighted by molar-refractivity contribution is 0.677. The Balaban J connectivity index is 2.11. The van der Waals surface area contributed by atoms with Gasteiger partial charge in [-0.05, 0) is 37.1 Å². The highest BCUT2D eigenvalue weighted by Crippen LogP contribution is 2.19. The van der Waals surface area contributed by atoms with Crippen molar-refractivity contribution >= 4 is 5.69 Å². The second kappa shape index (κ2) is 6.39. The first-order valence-corrected chi connectivity index (χ1v) is 6.83. The quantitative estimate of drug-likeness (QED) is 0.884. The van der Waals surface area contributed by atoms with E-state index in [4.69, 9.17) is 5.73 Å². The van der Waals surface area contributed by atoms with E-state index in [1.165, 1.54) is 16.8 Å². The molecule has 1 unspecified atom stereocenters. The molecule has 1 atom stereocenters. The van der Waals surface area contributed by atoms with Gasteiger partial charge in [0.15, 0.2) is 0 Å². The first-order valence-electron chi connectivity index (χ1n) is 6.83. The molecule has 19 heavy (non-hydrogen) atoms. The van der Waals surface area contributed by atoms with E-state index in [0.717, 1.165) is 13.1 Å². The number of hydrogen-bond acceptors (Lipinski definition) is 2. The van der Waals surface area contributed by atoms with E-state index >= 15 is 0 Å². The standard InChI is InChI=1S/C17H22N2/c1-3-19(16-11-7-8-14(2)12-16)13-17(18)15-9-5-4-6-10-15/h4-12,17H,3,13,18H2,1-2H3. The van der Waals surface area contributed by atoms with Crippen LogP contribution in [-0.2, 0) is 0 Å². The topological polar surface area (TPSA) is 29.3 Å². The average molecular weight is 254 g/mol. The monoisotopic (exact) mass is 254 g/mol. The predicted molar refractivity (Wildman–Crippen MR) is 82.4 cm³/mol. The van der Waals surface area contributed by atoms with Crippen LogP contribution in [0, 0.1) is 6.92 Å². The predicted octanol–water partition coefficient (Wildman–Crippen LogP) is 3.52. The summed E-state index contributed by atoms with van der Waals surface area (Å²) >= 11 is 0. The summed E-state index contributed by atoms with van der Waals surface area (Å²) in [4.78, 5) is 2.32. The zero-order valence-electron chi connectivity index (χ0n) is 11.7. The number of anilines is 1. The fourth-order valence-corrected chi connectivity index (χ4v) is 2.28. The maximum Gasteiger partial charge on any atom is 0.0473 e. The highest BCUT2D eigenvalue weighted by molar-refractivity contribution is 5.48. The van der Waals surface area contributed by atoms with Gasteiger partial charge in [0.05, 0.1) is 0 Å². The molecular formula is C17H22N2. The van der Waals surface area contributed by atoms with Gasteiger partial charge < -0.3 is 10.6 Å². The van der Waals surface area contributed by atoms with Crippen molar-refractivity contribution in [3.05, 3.63) is 65.7 Å². The van der Waals surface area contributed by atoms with E-state index in [-0.39, 0.29) is 6.04 Å². The summed E-state index contributed by atoms with van der Waals surface area (Å²) in [7, 11) is 0. The van der Waals surface area contributed by atoms with E-state index in [0.29, 0.717) is 0 Å². The summed E-state index contributed by atoms with van der Waals surface area (Å²) in [6.45, 7) is 6.09. The summed E-state index contributed by atoms with van der Waals surface area (Å²) in [5.74, 6) is 0. The van der Waals surface area contributed by atoms with E-state index in [1.807, 2.05) is 18.2 Å². The summed E-state index contributed by atoms with van der Waals surface area (Å²) in [6.07, 6.45) is 0. The number of likely N-dealkylation sites (N-methyl/N-ethyl adjacent to an activating group) is 1.